The van der Waals surface area contributed by atoms with E-state index in [1.54, 1.807) is 12.3 Å². The summed E-state index contributed by atoms with van der Waals surface area (Å²) < 4.78 is 6.44. The number of nitrogen functional groups attached to an aromatic ring is 1. The van der Waals surface area contributed by atoms with Gasteiger partial charge in [-0.15, -0.1) is 0 Å². The molecule has 49 heavy (non-hydrogen) atoms. The van der Waals surface area contributed by atoms with Crippen LogP contribution in [0.1, 0.15) is 92.5 Å². The molecule has 1 aromatic carbocycles. The largest absolute Gasteiger partial charge is 0.504 e. The molecule has 9 unspecified atom stereocenters. The summed E-state index contributed by atoms with van der Waals surface area (Å²) in [7, 11) is 0. The highest BCUT2D eigenvalue weighted by Crippen LogP contribution is 2.48. The molecule has 0 fully saturated rings. The number of allylic oxidation sites excluding steroid dienone is 2. The highest BCUT2D eigenvalue weighted by Gasteiger charge is 2.40. The minimum atomic E-state index is -1.22. The van der Waals surface area contributed by atoms with Crippen LogP contribution < -0.4 is 10.5 Å². The Morgan fingerprint density at radius 3 is 2.67 bits per heavy atom. The second kappa shape index (κ2) is 15.8. The Balaban J connectivity index is 1.31. The van der Waals surface area contributed by atoms with Crippen LogP contribution in [0.15, 0.2) is 60.4 Å². The SMILES string of the molecule is CCC1C#CC2C=C3CCc4cc(O)c(OC(CC(Cc5ccc[nH]5)c5ccnc(N)c5)C(O)CO)cc4C3CC(O)C2C(O)CCCC1. The first-order valence-electron chi connectivity index (χ1n) is 18.0. The molecule has 0 amide bonds. The number of benzene rings is 1. The van der Waals surface area contributed by atoms with Gasteiger partial charge in [-0.2, -0.15) is 0 Å². The van der Waals surface area contributed by atoms with Crippen LogP contribution in [-0.4, -0.2) is 66.5 Å². The zero-order chi connectivity index (χ0) is 34.5. The van der Waals surface area contributed by atoms with Gasteiger partial charge in [0, 0.05) is 41.8 Å². The molecule has 8 N–H and O–H groups in total. The van der Waals surface area contributed by atoms with Crippen LogP contribution in [0.5, 0.6) is 11.5 Å². The number of rotatable bonds is 10. The Hall–Kier alpha value is -3.81. The molecule has 3 aliphatic rings. The molecule has 0 radical (unpaired) electrons. The van der Waals surface area contributed by atoms with E-state index in [9.17, 15) is 25.5 Å². The van der Waals surface area contributed by atoms with Gasteiger partial charge in [-0.05, 0) is 110 Å². The fourth-order valence-corrected chi connectivity index (χ4v) is 8.20. The molecule has 9 heteroatoms. The number of aliphatic hydroxyl groups excluding tert-OH is 4. The smallest absolute Gasteiger partial charge is 0.161 e. The summed E-state index contributed by atoms with van der Waals surface area (Å²) in [5.74, 6) is 6.98. The number of nitrogens with two attached hydrogens (primary N) is 1. The molecule has 0 aliphatic heterocycles. The Kier molecular flexibility index (Phi) is 11.3. The number of aromatic amines is 1. The minimum absolute atomic E-state index is 0.0365. The third-order valence-corrected chi connectivity index (χ3v) is 11.0. The number of aliphatic hydroxyl groups is 4. The Labute approximate surface area is 289 Å². The summed E-state index contributed by atoms with van der Waals surface area (Å²) in [6, 6.07) is 11.2. The standard InChI is InChI=1S/C40H51N3O6/c1-2-24-6-3-4-8-33(45)40-28(10-9-24)16-26-11-12-27-18-34(46)38(22-32(27)31(26)21-35(40)47)49-37(36(48)23-44)19-29(17-30-7-5-14-42-30)25-13-15-43-39(41)20-25/h5,7,13-16,18,20,22,24,28-29,31,33,35-37,40,42,44-48H,2-4,6,8,11-12,17,19,21,23H2,1H3,(H2,41,43). The molecule has 3 aliphatic carbocycles. The molecule has 0 bridgehead atoms. The zero-order valence-corrected chi connectivity index (χ0v) is 28.3. The number of aryl methyl sites for hydroxylation is 1. The normalized spacial score (nSPS) is 27.1. The van der Waals surface area contributed by atoms with Crippen molar-refractivity contribution < 1.29 is 30.3 Å². The summed E-state index contributed by atoms with van der Waals surface area (Å²) in [6.07, 6.45) is 9.72. The zero-order valence-electron chi connectivity index (χ0n) is 28.3. The first-order valence-corrected chi connectivity index (χ1v) is 18.0. The van der Waals surface area contributed by atoms with E-state index in [1.807, 2.05) is 36.5 Å². The molecule has 2 aromatic heterocycles. The van der Waals surface area contributed by atoms with Crippen molar-refractivity contribution in [2.24, 2.45) is 17.8 Å². The maximum atomic E-state index is 11.7. The van der Waals surface area contributed by atoms with Crippen molar-refractivity contribution in [1.29, 1.82) is 0 Å². The number of ether oxygens (including phenoxy) is 1. The molecule has 0 saturated carbocycles. The molecule has 262 valence electrons. The number of nitrogens with zero attached hydrogens (tertiary/aromatic N) is 1. The van der Waals surface area contributed by atoms with Gasteiger partial charge < -0.3 is 41.0 Å². The summed E-state index contributed by atoms with van der Waals surface area (Å²) >= 11 is 0. The van der Waals surface area contributed by atoms with Gasteiger partial charge in [0.05, 0.1) is 18.8 Å². The van der Waals surface area contributed by atoms with Crippen LogP contribution in [0.25, 0.3) is 0 Å². The molecule has 0 saturated heterocycles. The number of hydrogen-bond acceptors (Lipinski definition) is 8. The van der Waals surface area contributed by atoms with E-state index in [-0.39, 0.29) is 35.2 Å². The van der Waals surface area contributed by atoms with Crippen molar-refractivity contribution >= 4 is 5.82 Å². The van der Waals surface area contributed by atoms with Crippen molar-refractivity contribution in [3.63, 3.8) is 0 Å². The van der Waals surface area contributed by atoms with E-state index in [2.05, 4.69) is 34.8 Å². The molecule has 3 aromatic rings. The number of fused-ring (bicyclic) bond motifs is 4. The molecule has 6 rings (SSSR count). The molecular formula is C40H51N3O6. The number of pyridine rings is 1. The highest BCUT2D eigenvalue weighted by molar-refractivity contribution is 5.52. The van der Waals surface area contributed by atoms with Gasteiger partial charge in [0.15, 0.2) is 11.5 Å². The Morgan fingerprint density at radius 1 is 1.08 bits per heavy atom. The molecule has 2 heterocycles. The number of phenols is 1. The van der Waals surface area contributed by atoms with E-state index < -0.39 is 31.0 Å². The van der Waals surface area contributed by atoms with Crippen LogP contribution in [0, 0.1) is 29.6 Å². The quantitative estimate of drug-likeness (QED) is 0.115. The van der Waals surface area contributed by atoms with Crippen LogP contribution in [0.4, 0.5) is 5.82 Å². The summed E-state index contributed by atoms with van der Waals surface area (Å²) in [5, 5.41) is 55.4. The molecular weight excluding hydrogens is 618 g/mol. The number of aromatic hydroxyl groups is 1. The van der Waals surface area contributed by atoms with Gasteiger partial charge in [-0.3, -0.25) is 0 Å². The van der Waals surface area contributed by atoms with Gasteiger partial charge in [-0.25, -0.2) is 4.98 Å². The van der Waals surface area contributed by atoms with Gasteiger partial charge in [0.1, 0.15) is 18.0 Å². The first-order chi connectivity index (χ1) is 23.7. The van der Waals surface area contributed by atoms with Crippen LogP contribution in [0.2, 0.25) is 0 Å². The van der Waals surface area contributed by atoms with E-state index >= 15 is 0 Å². The third-order valence-electron chi connectivity index (χ3n) is 11.0. The van der Waals surface area contributed by atoms with E-state index in [4.69, 9.17) is 10.5 Å². The number of nitrogens with one attached hydrogen (secondary N) is 1. The number of H-pyrrole nitrogens is 1. The van der Waals surface area contributed by atoms with Crippen molar-refractivity contribution in [2.45, 2.75) is 107 Å². The van der Waals surface area contributed by atoms with Gasteiger partial charge in [0.25, 0.3) is 0 Å². The highest BCUT2D eigenvalue weighted by atomic mass is 16.5. The van der Waals surface area contributed by atoms with Crippen molar-refractivity contribution in [2.75, 3.05) is 12.3 Å². The average molecular weight is 670 g/mol. The Bertz CT molecular complexity index is 1650. The van der Waals surface area contributed by atoms with E-state index in [0.717, 1.165) is 60.9 Å². The lowest BCUT2D eigenvalue weighted by atomic mass is 9.76. The molecule has 9 nitrogen and oxygen atoms in total. The maximum absolute atomic E-state index is 11.7. The fourth-order valence-electron chi connectivity index (χ4n) is 8.20. The second-order valence-corrected chi connectivity index (χ2v) is 14.2. The number of phenolic OH excluding ortho intramolecular Hbond substituents is 1. The van der Waals surface area contributed by atoms with Gasteiger partial charge in [-0.1, -0.05) is 43.3 Å². The second-order valence-electron chi connectivity index (χ2n) is 14.2. The monoisotopic (exact) mass is 669 g/mol. The fraction of sp³-hybridized carbons (Fsp3) is 0.525. The molecule has 0 spiro atoms. The topological polar surface area (TPSA) is 165 Å². The average Bonchev–Trinajstić information content (AvgIpc) is 3.56. The predicted molar refractivity (Wildman–Crippen MR) is 189 cm³/mol. The van der Waals surface area contributed by atoms with E-state index in [1.165, 1.54) is 5.57 Å². The first kappa shape index (κ1) is 35.0. The Morgan fingerprint density at radius 2 is 1.92 bits per heavy atom. The summed E-state index contributed by atoms with van der Waals surface area (Å²) in [4.78, 5) is 7.39. The van der Waals surface area contributed by atoms with Crippen molar-refractivity contribution in [3.05, 3.63) is 82.8 Å². The number of hydrogen-bond donors (Lipinski definition) is 7. The van der Waals surface area contributed by atoms with Gasteiger partial charge in [0.2, 0.25) is 0 Å². The maximum Gasteiger partial charge on any atom is 0.161 e. The lowest BCUT2D eigenvalue weighted by Crippen LogP contribution is -2.37. The van der Waals surface area contributed by atoms with Crippen LogP contribution >= 0.6 is 0 Å². The summed E-state index contributed by atoms with van der Waals surface area (Å²) in [5.41, 5.74) is 11.1. The predicted octanol–water partition coefficient (Wildman–Crippen LogP) is 5.13. The van der Waals surface area contributed by atoms with Crippen LogP contribution in [0.3, 0.4) is 0 Å². The third kappa shape index (κ3) is 8.16. The lowest BCUT2D eigenvalue weighted by molar-refractivity contribution is -0.00884. The van der Waals surface area contributed by atoms with Crippen molar-refractivity contribution in [3.8, 4) is 23.3 Å². The summed E-state index contributed by atoms with van der Waals surface area (Å²) in [6.45, 7) is 1.65. The molecule has 9 atom stereocenters. The van der Waals surface area contributed by atoms with Crippen LogP contribution in [-0.2, 0) is 12.8 Å². The van der Waals surface area contributed by atoms with Gasteiger partial charge >= 0.3 is 0 Å². The van der Waals surface area contributed by atoms with E-state index in [0.29, 0.717) is 37.4 Å². The van der Waals surface area contributed by atoms with Crippen molar-refractivity contribution in [1.82, 2.24) is 9.97 Å². The lowest BCUT2D eigenvalue weighted by Gasteiger charge is -2.33. The number of anilines is 1. The minimum Gasteiger partial charge on any atom is -0.504 e. The number of aromatic nitrogens is 2.